The van der Waals surface area contributed by atoms with Crippen molar-refractivity contribution in [2.24, 2.45) is 18.7 Å². The van der Waals surface area contributed by atoms with Crippen LogP contribution in [-0.4, -0.2) is 16.3 Å². The third-order valence-corrected chi connectivity index (χ3v) is 4.57. The number of benzene rings is 1. The van der Waals surface area contributed by atoms with Gasteiger partial charge in [-0.3, -0.25) is 4.68 Å². The zero-order valence-corrected chi connectivity index (χ0v) is 13.3. The minimum Gasteiger partial charge on any atom is -0.330 e. The summed E-state index contributed by atoms with van der Waals surface area (Å²) in [7, 11) is 1.92. The Balaban J connectivity index is 2.15. The number of nitrogens with zero attached hydrogens (tertiary/aromatic N) is 2. The van der Waals surface area contributed by atoms with Crippen molar-refractivity contribution in [2.45, 2.75) is 19.8 Å². The van der Waals surface area contributed by atoms with Crippen molar-refractivity contribution in [1.29, 1.82) is 0 Å². The maximum atomic E-state index is 13.7. The summed E-state index contributed by atoms with van der Waals surface area (Å²) < 4.78 is 16.6. The van der Waals surface area contributed by atoms with Gasteiger partial charge in [0.2, 0.25) is 0 Å². The van der Waals surface area contributed by atoms with Crippen molar-refractivity contribution in [3.8, 4) is 0 Å². The van der Waals surface area contributed by atoms with Gasteiger partial charge in [-0.1, -0.05) is 18.2 Å². The third-order valence-electron chi connectivity index (χ3n) is 3.54. The molecule has 0 amide bonds. The lowest BCUT2D eigenvalue weighted by Gasteiger charge is -2.16. The Hall–Kier alpha value is -1.20. The maximum absolute atomic E-state index is 13.7. The number of aryl methyl sites for hydroxylation is 2. The van der Waals surface area contributed by atoms with E-state index in [0.717, 1.165) is 27.8 Å². The van der Waals surface area contributed by atoms with Crippen LogP contribution in [0.25, 0.3) is 0 Å². The van der Waals surface area contributed by atoms with Gasteiger partial charge < -0.3 is 5.73 Å². The van der Waals surface area contributed by atoms with E-state index in [4.69, 9.17) is 5.73 Å². The molecule has 2 rings (SSSR count). The first kappa shape index (κ1) is 15.2. The largest absolute Gasteiger partial charge is 0.330 e. The third kappa shape index (κ3) is 3.27. The molecule has 0 saturated heterocycles. The highest BCUT2D eigenvalue weighted by Crippen LogP contribution is 2.24. The van der Waals surface area contributed by atoms with Crippen LogP contribution in [0.1, 0.15) is 17.0 Å². The zero-order valence-electron chi connectivity index (χ0n) is 11.7. The van der Waals surface area contributed by atoms with Gasteiger partial charge in [-0.2, -0.15) is 5.10 Å². The van der Waals surface area contributed by atoms with Gasteiger partial charge in [0.25, 0.3) is 0 Å². The number of hydrogen-bond donors (Lipinski definition) is 1. The van der Waals surface area contributed by atoms with Crippen LogP contribution in [0.2, 0.25) is 0 Å². The predicted octanol–water partition coefficient (Wildman–Crippen LogP) is 2.99. The monoisotopic (exact) mass is 339 g/mol. The first-order valence-electron chi connectivity index (χ1n) is 6.64. The SMILES string of the molecule is Cc1nn(C)c(CC(CN)Cc2ccccc2F)c1Br. The van der Waals surface area contributed by atoms with Crippen LogP contribution in [-0.2, 0) is 19.9 Å². The van der Waals surface area contributed by atoms with Crippen LogP contribution in [0.4, 0.5) is 4.39 Å². The Morgan fingerprint density at radius 2 is 2.05 bits per heavy atom. The average Bonchev–Trinajstić information content (AvgIpc) is 2.66. The fourth-order valence-corrected chi connectivity index (χ4v) is 2.89. The molecule has 0 saturated carbocycles. The van der Waals surface area contributed by atoms with Gasteiger partial charge in [0.1, 0.15) is 5.82 Å². The molecule has 0 fully saturated rings. The second-order valence-electron chi connectivity index (χ2n) is 5.07. The first-order chi connectivity index (χ1) is 9.52. The number of halogens is 2. The molecule has 1 atom stereocenters. The minimum atomic E-state index is -0.161. The number of aromatic nitrogens is 2. The van der Waals surface area contributed by atoms with E-state index in [-0.39, 0.29) is 11.7 Å². The van der Waals surface area contributed by atoms with Crippen molar-refractivity contribution in [1.82, 2.24) is 9.78 Å². The van der Waals surface area contributed by atoms with E-state index in [2.05, 4.69) is 21.0 Å². The van der Waals surface area contributed by atoms with E-state index >= 15 is 0 Å². The normalized spacial score (nSPS) is 12.7. The van der Waals surface area contributed by atoms with Crippen LogP contribution in [0, 0.1) is 18.7 Å². The van der Waals surface area contributed by atoms with Crippen molar-refractivity contribution < 1.29 is 4.39 Å². The van der Waals surface area contributed by atoms with Crippen LogP contribution in [0.5, 0.6) is 0 Å². The molecule has 1 unspecified atom stereocenters. The summed E-state index contributed by atoms with van der Waals surface area (Å²) in [6, 6.07) is 6.88. The Morgan fingerprint density at radius 3 is 2.60 bits per heavy atom. The molecule has 1 heterocycles. The molecule has 0 aliphatic rings. The highest BCUT2D eigenvalue weighted by atomic mass is 79.9. The number of nitrogens with two attached hydrogens (primary N) is 1. The van der Waals surface area contributed by atoms with Crippen molar-refractivity contribution in [3.05, 3.63) is 51.5 Å². The molecule has 0 aliphatic heterocycles. The maximum Gasteiger partial charge on any atom is 0.126 e. The standard InChI is InChI=1S/C15H19BrFN3/c1-10-15(16)14(20(2)19-10)8-11(9-18)7-12-5-3-4-6-13(12)17/h3-6,11H,7-9,18H2,1-2H3. The summed E-state index contributed by atoms with van der Waals surface area (Å²) in [6.07, 6.45) is 1.42. The van der Waals surface area contributed by atoms with Crippen LogP contribution in [0.3, 0.4) is 0 Å². The van der Waals surface area contributed by atoms with E-state index in [0.29, 0.717) is 13.0 Å². The van der Waals surface area contributed by atoms with Gasteiger partial charge in [0.05, 0.1) is 15.9 Å². The molecular formula is C15H19BrFN3. The average molecular weight is 340 g/mol. The molecule has 2 N–H and O–H groups in total. The molecule has 0 spiro atoms. The molecule has 0 aliphatic carbocycles. The molecule has 1 aromatic carbocycles. The van der Waals surface area contributed by atoms with E-state index in [9.17, 15) is 4.39 Å². The Bertz CT molecular complexity index is 595. The lowest BCUT2D eigenvalue weighted by atomic mass is 9.94. The lowest BCUT2D eigenvalue weighted by molar-refractivity contribution is 0.494. The zero-order chi connectivity index (χ0) is 14.7. The highest BCUT2D eigenvalue weighted by Gasteiger charge is 2.17. The summed E-state index contributed by atoms with van der Waals surface area (Å²) in [5.74, 6) is 0.0317. The summed E-state index contributed by atoms with van der Waals surface area (Å²) in [5, 5.41) is 4.38. The molecular weight excluding hydrogens is 321 g/mol. The molecule has 0 radical (unpaired) electrons. The molecule has 3 nitrogen and oxygen atoms in total. The lowest BCUT2D eigenvalue weighted by Crippen LogP contribution is -2.21. The highest BCUT2D eigenvalue weighted by molar-refractivity contribution is 9.10. The summed E-state index contributed by atoms with van der Waals surface area (Å²) in [6.45, 7) is 2.48. The summed E-state index contributed by atoms with van der Waals surface area (Å²) >= 11 is 3.56. The van der Waals surface area contributed by atoms with Gasteiger partial charge in [0.15, 0.2) is 0 Å². The molecule has 1 aromatic heterocycles. The van der Waals surface area contributed by atoms with E-state index in [1.165, 1.54) is 6.07 Å². The van der Waals surface area contributed by atoms with Crippen molar-refractivity contribution in [3.63, 3.8) is 0 Å². The predicted molar refractivity (Wildman–Crippen MR) is 82.0 cm³/mol. The fourth-order valence-electron chi connectivity index (χ4n) is 2.39. The molecule has 108 valence electrons. The van der Waals surface area contributed by atoms with Gasteiger partial charge in [-0.15, -0.1) is 0 Å². The van der Waals surface area contributed by atoms with E-state index < -0.39 is 0 Å². The van der Waals surface area contributed by atoms with Gasteiger partial charge in [-0.25, -0.2) is 4.39 Å². The van der Waals surface area contributed by atoms with E-state index in [1.54, 1.807) is 6.07 Å². The van der Waals surface area contributed by atoms with Gasteiger partial charge >= 0.3 is 0 Å². The first-order valence-corrected chi connectivity index (χ1v) is 7.43. The minimum absolute atomic E-state index is 0.161. The van der Waals surface area contributed by atoms with Crippen LogP contribution >= 0.6 is 15.9 Å². The Morgan fingerprint density at radius 1 is 1.35 bits per heavy atom. The van der Waals surface area contributed by atoms with Crippen LogP contribution < -0.4 is 5.73 Å². The molecule has 2 aromatic rings. The fraction of sp³-hybridized carbons (Fsp3) is 0.400. The number of rotatable bonds is 5. The summed E-state index contributed by atoms with van der Waals surface area (Å²) in [4.78, 5) is 0. The molecule has 20 heavy (non-hydrogen) atoms. The van der Waals surface area contributed by atoms with Crippen molar-refractivity contribution in [2.75, 3.05) is 6.54 Å². The topological polar surface area (TPSA) is 43.8 Å². The van der Waals surface area contributed by atoms with Crippen LogP contribution in [0.15, 0.2) is 28.7 Å². The smallest absolute Gasteiger partial charge is 0.126 e. The second-order valence-corrected chi connectivity index (χ2v) is 5.86. The molecule has 0 bridgehead atoms. The summed E-state index contributed by atoms with van der Waals surface area (Å²) in [5.41, 5.74) is 8.65. The van der Waals surface area contributed by atoms with Gasteiger partial charge in [-0.05, 0) is 59.8 Å². The Labute approximate surface area is 127 Å². The molecule has 5 heteroatoms. The van der Waals surface area contributed by atoms with Gasteiger partial charge in [0, 0.05) is 7.05 Å². The second kappa shape index (κ2) is 6.50. The quantitative estimate of drug-likeness (QED) is 0.909. The van der Waals surface area contributed by atoms with Crippen molar-refractivity contribution >= 4 is 15.9 Å². The Kier molecular flexibility index (Phi) is 4.94. The number of hydrogen-bond acceptors (Lipinski definition) is 2. The van der Waals surface area contributed by atoms with E-state index in [1.807, 2.05) is 30.8 Å².